The van der Waals surface area contributed by atoms with Crippen molar-refractivity contribution in [1.82, 2.24) is 0 Å². The zero-order valence-corrected chi connectivity index (χ0v) is 13.6. The number of nitrogens with two attached hydrogens (primary N) is 1. The number of rotatable bonds is 1. The smallest absolute Gasteiger partial charge is 0.233 e. The third-order valence-electron chi connectivity index (χ3n) is 5.24. The highest BCUT2D eigenvalue weighted by atomic mass is 35.5. The summed E-state index contributed by atoms with van der Waals surface area (Å²) >= 11 is 6.20. The van der Waals surface area contributed by atoms with Crippen molar-refractivity contribution in [2.24, 2.45) is 11.1 Å². The first-order chi connectivity index (χ1) is 10.4. The van der Waals surface area contributed by atoms with Crippen molar-refractivity contribution in [2.75, 3.05) is 11.4 Å². The monoisotopic (exact) mass is 324 g/mol. The first-order valence-electron chi connectivity index (χ1n) is 7.96. The highest BCUT2D eigenvalue weighted by Gasteiger charge is 2.46. The normalized spacial score (nSPS) is 29.2. The Balaban J connectivity index is 1.92. The zero-order chi connectivity index (χ0) is 15.9. The number of hydrogen-bond acceptors (Lipinski definition) is 2. The summed E-state index contributed by atoms with van der Waals surface area (Å²) in [6, 6.07) is 3.20. The molecule has 3 rings (SSSR count). The van der Waals surface area contributed by atoms with Crippen LogP contribution in [-0.2, 0) is 4.79 Å². The van der Waals surface area contributed by atoms with Crippen molar-refractivity contribution in [1.29, 1.82) is 0 Å². The van der Waals surface area contributed by atoms with Crippen molar-refractivity contribution in [3.63, 3.8) is 0 Å². The lowest BCUT2D eigenvalue weighted by Crippen LogP contribution is -2.51. The van der Waals surface area contributed by atoms with Gasteiger partial charge >= 0.3 is 0 Å². The lowest BCUT2D eigenvalue weighted by molar-refractivity contribution is -0.132. The standard InChI is InChI=1S/C17H22ClFN2O/c1-11-9-15(13(18)10-14(11)19)21-8-2-5-17(16(21)22)6-3-12(20)4-7-17/h9-10,12H,2-8,20H2,1H3. The molecule has 2 aliphatic rings. The molecule has 3 nitrogen and oxygen atoms in total. The third kappa shape index (κ3) is 2.63. The van der Waals surface area contributed by atoms with Gasteiger partial charge in [0.15, 0.2) is 0 Å². The van der Waals surface area contributed by atoms with Crippen molar-refractivity contribution in [3.05, 3.63) is 28.5 Å². The number of carbonyl (C=O) groups is 1. The van der Waals surface area contributed by atoms with E-state index in [-0.39, 0.29) is 23.2 Å². The van der Waals surface area contributed by atoms with Crippen LogP contribution in [0.1, 0.15) is 44.1 Å². The minimum Gasteiger partial charge on any atom is -0.328 e. The number of benzene rings is 1. The van der Waals surface area contributed by atoms with Crippen LogP contribution in [0.3, 0.4) is 0 Å². The molecule has 120 valence electrons. The van der Waals surface area contributed by atoms with Gasteiger partial charge in [-0.2, -0.15) is 0 Å². The van der Waals surface area contributed by atoms with Gasteiger partial charge in [0.2, 0.25) is 5.91 Å². The van der Waals surface area contributed by atoms with Gasteiger partial charge in [0.05, 0.1) is 10.7 Å². The van der Waals surface area contributed by atoms with Gasteiger partial charge in [0.25, 0.3) is 0 Å². The number of carbonyl (C=O) groups excluding carboxylic acids is 1. The summed E-state index contributed by atoms with van der Waals surface area (Å²) in [6.07, 6.45) is 5.37. The molecule has 0 aromatic heterocycles. The molecule has 1 aromatic carbocycles. The minimum absolute atomic E-state index is 0.138. The molecule has 5 heteroatoms. The molecule has 1 saturated heterocycles. The van der Waals surface area contributed by atoms with E-state index >= 15 is 0 Å². The van der Waals surface area contributed by atoms with Crippen LogP contribution in [0.4, 0.5) is 10.1 Å². The summed E-state index contributed by atoms with van der Waals surface area (Å²) in [5, 5.41) is 0.306. The fourth-order valence-electron chi connectivity index (χ4n) is 3.81. The van der Waals surface area contributed by atoms with Crippen molar-refractivity contribution < 1.29 is 9.18 Å². The van der Waals surface area contributed by atoms with Crippen LogP contribution in [-0.4, -0.2) is 18.5 Å². The number of nitrogens with zero attached hydrogens (tertiary/aromatic N) is 1. The number of anilines is 1. The second-order valence-electron chi connectivity index (χ2n) is 6.73. The van der Waals surface area contributed by atoms with E-state index in [1.165, 1.54) is 6.07 Å². The molecule has 22 heavy (non-hydrogen) atoms. The second kappa shape index (κ2) is 5.82. The average Bonchev–Trinajstić information content (AvgIpc) is 2.49. The molecule has 0 unspecified atom stereocenters. The number of hydrogen-bond donors (Lipinski definition) is 1. The minimum atomic E-state index is -0.337. The molecule has 2 fully saturated rings. The Bertz CT molecular complexity index is 597. The number of piperidine rings is 1. The van der Waals surface area contributed by atoms with E-state index in [0.717, 1.165) is 38.5 Å². The Kier molecular flexibility index (Phi) is 4.17. The van der Waals surface area contributed by atoms with Crippen LogP contribution in [0.15, 0.2) is 12.1 Å². The molecular weight excluding hydrogens is 303 g/mol. The van der Waals surface area contributed by atoms with Crippen LogP contribution in [0.25, 0.3) is 0 Å². The van der Waals surface area contributed by atoms with E-state index in [4.69, 9.17) is 17.3 Å². The molecule has 0 bridgehead atoms. The summed E-state index contributed by atoms with van der Waals surface area (Å²) in [7, 11) is 0. The molecule has 1 amide bonds. The predicted octanol–water partition coefficient (Wildman–Crippen LogP) is 3.80. The molecule has 0 atom stereocenters. The Morgan fingerprint density at radius 3 is 2.68 bits per heavy atom. The lowest BCUT2D eigenvalue weighted by Gasteiger charge is -2.45. The topological polar surface area (TPSA) is 46.3 Å². The summed E-state index contributed by atoms with van der Waals surface area (Å²) in [5.41, 5.74) is 6.85. The van der Waals surface area contributed by atoms with E-state index in [1.54, 1.807) is 17.9 Å². The van der Waals surface area contributed by atoms with Gasteiger partial charge in [-0.15, -0.1) is 0 Å². The predicted molar refractivity (Wildman–Crippen MR) is 86.6 cm³/mol. The van der Waals surface area contributed by atoms with Gasteiger partial charge in [-0.05, 0) is 63.1 Å². The van der Waals surface area contributed by atoms with Gasteiger partial charge in [0, 0.05) is 18.0 Å². The Morgan fingerprint density at radius 2 is 2.00 bits per heavy atom. The number of aryl methyl sites for hydroxylation is 1. The fourth-order valence-corrected chi connectivity index (χ4v) is 4.06. The first kappa shape index (κ1) is 15.8. The third-order valence-corrected chi connectivity index (χ3v) is 5.54. The van der Waals surface area contributed by atoms with Gasteiger partial charge in [0.1, 0.15) is 5.82 Å². The van der Waals surface area contributed by atoms with E-state index in [0.29, 0.717) is 22.8 Å². The number of amides is 1. The summed E-state index contributed by atoms with van der Waals surface area (Å²) in [6.45, 7) is 2.34. The molecular formula is C17H22ClFN2O. The van der Waals surface area contributed by atoms with Crippen molar-refractivity contribution in [2.45, 2.75) is 51.5 Å². The molecule has 1 heterocycles. The maximum absolute atomic E-state index is 13.6. The largest absolute Gasteiger partial charge is 0.328 e. The van der Waals surface area contributed by atoms with Crippen molar-refractivity contribution >= 4 is 23.2 Å². The highest BCUT2D eigenvalue weighted by molar-refractivity contribution is 6.34. The Morgan fingerprint density at radius 1 is 1.32 bits per heavy atom. The van der Waals surface area contributed by atoms with E-state index in [1.807, 2.05) is 0 Å². The van der Waals surface area contributed by atoms with Crippen molar-refractivity contribution in [3.8, 4) is 0 Å². The van der Waals surface area contributed by atoms with Crippen LogP contribution < -0.4 is 10.6 Å². The molecule has 0 radical (unpaired) electrons. The summed E-state index contributed by atoms with van der Waals surface area (Å²) in [5.74, 6) is -0.199. The zero-order valence-electron chi connectivity index (χ0n) is 12.9. The second-order valence-corrected chi connectivity index (χ2v) is 7.14. The molecule has 1 aromatic rings. The summed E-state index contributed by atoms with van der Waals surface area (Å²) in [4.78, 5) is 14.8. The molecule has 1 spiro atoms. The lowest BCUT2D eigenvalue weighted by atomic mass is 9.67. The molecule has 1 aliphatic carbocycles. The fraction of sp³-hybridized carbons (Fsp3) is 0.588. The van der Waals surface area contributed by atoms with Gasteiger partial charge in [-0.3, -0.25) is 4.79 Å². The average molecular weight is 325 g/mol. The van der Waals surface area contributed by atoms with Gasteiger partial charge in [-0.25, -0.2) is 4.39 Å². The molecule has 1 aliphatic heterocycles. The van der Waals surface area contributed by atoms with Crippen LogP contribution in [0.2, 0.25) is 5.02 Å². The Hall–Kier alpha value is -1.13. The molecule has 2 N–H and O–H groups in total. The van der Waals surface area contributed by atoms with E-state index in [2.05, 4.69) is 0 Å². The first-order valence-corrected chi connectivity index (χ1v) is 8.34. The maximum atomic E-state index is 13.6. The van der Waals surface area contributed by atoms with Gasteiger partial charge in [-0.1, -0.05) is 11.6 Å². The highest BCUT2D eigenvalue weighted by Crippen LogP contribution is 2.45. The summed E-state index contributed by atoms with van der Waals surface area (Å²) < 4.78 is 13.6. The maximum Gasteiger partial charge on any atom is 0.233 e. The van der Waals surface area contributed by atoms with E-state index < -0.39 is 0 Å². The van der Waals surface area contributed by atoms with Crippen LogP contribution >= 0.6 is 11.6 Å². The molecule has 1 saturated carbocycles. The van der Waals surface area contributed by atoms with Gasteiger partial charge < -0.3 is 10.6 Å². The Labute approximate surface area is 135 Å². The van der Waals surface area contributed by atoms with Crippen LogP contribution in [0, 0.1) is 18.2 Å². The SMILES string of the molecule is Cc1cc(N2CCCC3(CCC(N)CC3)C2=O)c(Cl)cc1F. The van der Waals surface area contributed by atoms with E-state index in [9.17, 15) is 9.18 Å². The number of halogens is 2. The van der Waals surface area contributed by atoms with Crippen LogP contribution in [0.5, 0.6) is 0 Å². The quantitative estimate of drug-likeness (QED) is 0.854.